The maximum atomic E-state index is 11.1. The number of anilines is 1. The zero-order valence-electron chi connectivity index (χ0n) is 11.3. The van der Waals surface area contributed by atoms with Gasteiger partial charge in [-0.25, -0.2) is 9.78 Å². The number of hydrogen-bond donors (Lipinski definition) is 1. The predicted octanol–water partition coefficient (Wildman–Crippen LogP) is 0.828. The maximum absolute atomic E-state index is 11.1. The second-order valence-corrected chi connectivity index (χ2v) is 4.93. The summed E-state index contributed by atoms with van der Waals surface area (Å²) in [4.78, 5) is 29.4. The van der Waals surface area contributed by atoms with Crippen molar-refractivity contribution < 1.29 is 14.8 Å². The van der Waals surface area contributed by atoms with E-state index >= 15 is 0 Å². The second kappa shape index (κ2) is 5.41. The summed E-state index contributed by atoms with van der Waals surface area (Å²) in [6.45, 7) is 4.15. The van der Waals surface area contributed by atoms with E-state index < -0.39 is 10.9 Å². The van der Waals surface area contributed by atoms with Crippen molar-refractivity contribution in [3.8, 4) is 0 Å². The van der Waals surface area contributed by atoms with Gasteiger partial charge >= 0.3 is 11.7 Å². The molecule has 1 aromatic rings. The van der Waals surface area contributed by atoms with Crippen LogP contribution in [0.15, 0.2) is 12.3 Å². The number of hydrogen-bond acceptors (Lipinski definition) is 6. The molecule has 8 nitrogen and oxygen atoms in total. The quantitative estimate of drug-likeness (QED) is 0.646. The van der Waals surface area contributed by atoms with Gasteiger partial charge in [-0.1, -0.05) is 0 Å². The molecule has 8 heteroatoms. The van der Waals surface area contributed by atoms with Gasteiger partial charge in [0.05, 0.1) is 10.5 Å². The molecule has 0 saturated carbocycles. The first kappa shape index (κ1) is 14.2. The smallest absolute Gasteiger partial charge is 0.337 e. The highest BCUT2D eigenvalue weighted by atomic mass is 16.6. The molecule has 108 valence electrons. The maximum Gasteiger partial charge on any atom is 0.337 e. The molecule has 1 fully saturated rings. The van der Waals surface area contributed by atoms with Crippen molar-refractivity contribution in [2.75, 3.05) is 31.6 Å². The molecule has 0 aliphatic carbocycles. The Bertz CT molecular complexity index is 548. The number of nitrogens with zero attached hydrogens (tertiary/aromatic N) is 4. The Balaban J connectivity index is 2.40. The predicted molar refractivity (Wildman–Crippen MR) is 72.2 cm³/mol. The van der Waals surface area contributed by atoms with Gasteiger partial charge in [-0.3, -0.25) is 10.1 Å². The molecule has 1 aromatic heterocycles. The molecule has 2 heterocycles. The number of likely N-dealkylation sites (N-methyl/N-ethyl adjacent to an activating group) is 1. The van der Waals surface area contributed by atoms with Crippen LogP contribution in [0.5, 0.6) is 0 Å². The third kappa shape index (κ3) is 2.69. The van der Waals surface area contributed by atoms with E-state index in [1.54, 1.807) is 0 Å². The number of aromatic carboxylic acids is 1. The van der Waals surface area contributed by atoms with E-state index in [1.165, 1.54) is 0 Å². The normalized spacial score (nSPS) is 19.9. The van der Waals surface area contributed by atoms with Crippen molar-refractivity contribution >= 4 is 17.5 Å². The molecule has 1 unspecified atom stereocenters. The standard InChI is InChI=1S/C12H16N4O4/c1-8-7-14(2)3-4-15(8)11-10(16(19)20)5-9(6-13-11)12(17)18/h5-6,8H,3-4,7H2,1-2H3,(H,17,18). The van der Waals surface area contributed by atoms with Crippen molar-refractivity contribution in [3.63, 3.8) is 0 Å². The molecule has 0 aromatic carbocycles. The van der Waals surface area contributed by atoms with E-state index in [0.717, 1.165) is 25.4 Å². The monoisotopic (exact) mass is 280 g/mol. The lowest BCUT2D eigenvalue weighted by molar-refractivity contribution is -0.384. The molecule has 0 spiro atoms. The van der Waals surface area contributed by atoms with Crippen molar-refractivity contribution in [2.45, 2.75) is 13.0 Å². The fourth-order valence-electron chi connectivity index (χ4n) is 2.37. The molecule has 1 aliphatic heterocycles. The number of carboxylic acids is 1. The fourth-order valence-corrected chi connectivity index (χ4v) is 2.37. The molecule has 2 rings (SSSR count). The molecular weight excluding hydrogens is 264 g/mol. The van der Waals surface area contributed by atoms with E-state index in [9.17, 15) is 14.9 Å². The molecular formula is C12H16N4O4. The molecule has 0 bridgehead atoms. The number of aromatic nitrogens is 1. The van der Waals surface area contributed by atoms with Crippen LogP contribution in [0.2, 0.25) is 0 Å². The minimum atomic E-state index is -1.22. The average Bonchev–Trinajstić information content (AvgIpc) is 2.38. The Kier molecular flexibility index (Phi) is 3.84. The largest absolute Gasteiger partial charge is 0.478 e. The minimum absolute atomic E-state index is 0.0793. The molecule has 1 aliphatic rings. The number of piperazine rings is 1. The first-order valence-corrected chi connectivity index (χ1v) is 6.23. The van der Waals surface area contributed by atoms with Crippen molar-refractivity contribution in [3.05, 3.63) is 27.9 Å². The molecule has 20 heavy (non-hydrogen) atoms. The summed E-state index contributed by atoms with van der Waals surface area (Å²) < 4.78 is 0. The van der Waals surface area contributed by atoms with Crippen LogP contribution in [0.4, 0.5) is 11.5 Å². The first-order valence-electron chi connectivity index (χ1n) is 6.23. The van der Waals surface area contributed by atoms with Crippen molar-refractivity contribution in [2.24, 2.45) is 0 Å². The molecule has 1 N–H and O–H groups in total. The summed E-state index contributed by atoms with van der Waals surface area (Å²) in [6, 6.07) is 1.14. The Morgan fingerprint density at radius 2 is 2.25 bits per heavy atom. The summed E-state index contributed by atoms with van der Waals surface area (Å²) in [7, 11) is 1.99. The van der Waals surface area contributed by atoms with Crippen molar-refractivity contribution in [1.29, 1.82) is 0 Å². The molecule has 1 atom stereocenters. The van der Waals surface area contributed by atoms with Gasteiger partial charge < -0.3 is 14.9 Å². The van der Waals surface area contributed by atoms with Gasteiger partial charge in [0.2, 0.25) is 5.82 Å². The number of carboxylic acid groups (broad SMARTS) is 1. The summed E-state index contributed by atoms with van der Waals surface area (Å²) >= 11 is 0. The molecule has 1 saturated heterocycles. The van der Waals surface area contributed by atoms with E-state index in [4.69, 9.17) is 5.11 Å². The van der Waals surface area contributed by atoms with Crippen molar-refractivity contribution in [1.82, 2.24) is 9.88 Å². The van der Waals surface area contributed by atoms with Gasteiger partial charge in [-0.05, 0) is 14.0 Å². The van der Waals surface area contributed by atoms with Crippen LogP contribution in [-0.4, -0.2) is 58.6 Å². The van der Waals surface area contributed by atoms with Crippen LogP contribution in [0.25, 0.3) is 0 Å². The number of pyridine rings is 1. The third-order valence-electron chi connectivity index (χ3n) is 3.39. The van der Waals surface area contributed by atoms with Crippen LogP contribution in [-0.2, 0) is 0 Å². The van der Waals surface area contributed by atoms with E-state index in [1.807, 2.05) is 18.9 Å². The lowest BCUT2D eigenvalue weighted by Crippen LogP contribution is -2.51. The van der Waals surface area contributed by atoms with Gasteiger partial charge in [-0.2, -0.15) is 0 Å². The van der Waals surface area contributed by atoms with Crippen LogP contribution >= 0.6 is 0 Å². The molecule has 0 radical (unpaired) electrons. The SMILES string of the molecule is CC1CN(C)CCN1c1ncc(C(=O)O)cc1[N+](=O)[O-]. The first-order chi connectivity index (χ1) is 9.40. The number of rotatable bonds is 3. The molecule has 0 amide bonds. The van der Waals surface area contributed by atoms with Crippen LogP contribution in [0.1, 0.15) is 17.3 Å². The van der Waals surface area contributed by atoms with Crippen LogP contribution < -0.4 is 4.90 Å². The number of carbonyl (C=O) groups is 1. The summed E-state index contributed by atoms with van der Waals surface area (Å²) in [5.41, 5.74) is -0.441. The highest BCUT2D eigenvalue weighted by Gasteiger charge is 2.29. The Hall–Kier alpha value is -2.22. The average molecular weight is 280 g/mol. The number of nitro groups is 1. The van der Waals surface area contributed by atoms with Crippen LogP contribution in [0, 0.1) is 10.1 Å². The van der Waals surface area contributed by atoms with E-state index in [-0.39, 0.29) is 23.1 Å². The Morgan fingerprint density at radius 3 is 2.80 bits per heavy atom. The minimum Gasteiger partial charge on any atom is -0.478 e. The summed E-state index contributed by atoms with van der Waals surface area (Å²) in [6.07, 6.45) is 1.16. The fraction of sp³-hybridized carbons (Fsp3) is 0.500. The topological polar surface area (TPSA) is 99.8 Å². The van der Waals surface area contributed by atoms with Gasteiger partial charge in [0, 0.05) is 37.9 Å². The van der Waals surface area contributed by atoms with Gasteiger partial charge in [0.1, 0.15) is 0 Å². The lowest BCUT2D eigenvalue weighted by Gasteiger charge is -2.38. The highest BCUT2D eigenvalue weighted by molar-refractivity contribution is 5.88. The Morgan fingerprint density at radius 1 is 1.55 bits per heavy atom. The second-order valence-electron chi connectivity index (χ2n) is 4.93. The van der Waals surface area contributed by atoms with Gasteiger partial charge in [0.25, 0.3) is 0 Å². The van der Waals surface area contributed by atoms with Gasteiger partial charge in [-0.15, -0.1) is 0 Å². The van der Waals surface area contributed by atoms with Crippen LogP contribution in [0.3, 0.4) is 0 Å². The lowest BCUT2D eigenvalue weighted by atomic mass is 10.1. The zero-order chi connectivity index (χ0) is 14.9. The van der Waals surface area contributed by atoms with E-state index in [2.05, 4.69) is 9.88 Å². The van der Waals surface area contributed by atoms with E-state index in [0.29, 0.717) is 6.54 Å². The zero-order valence-corrected chi connectivity index (χ0v) is 11.3. The third-order valence-corrected chi connectivity index (χ3v) is 3.39. The summed E-state index contributed by atoms with van der Waals surface area (Å²) in [5, 5.41) is 20.0. The highest BCUT2D eigenvalue weighted by Crippen LogP contribution is 2.29. The van der Waals surface area contributed by atoms with Gasteiger partial charge in [0.15, 0.2) is 0 Å². The summed E-state index contributed by atoms with van der Waals surface area (Å²) in [5.74, 6) is -0.987. The Labute approximate surface area is 115 Å².